The number of nitrogens with one attached hydrogen (secondary N) is 2. The van der Waals surface area contributed by atoms with Crippen LogP contribution >= 0.6 is 11.3 Å². The zero-order valence-corrected chi connectivity index (χ0v) is 16.4. The summed E-state index contributed by atoms with van der Waals surface area (Å²) < 4.78 is 31.7. The highest BCUT2D eigenvalue weighted by atomic mass is 32.1. The zero-order chi connectivity index (χ0) is 21.6. The number of H-pyrrole nitrogens is 1. The highest BCUT2D eigenvalue weighted by Gasteiger charge is 2.38. The Morgan fingerprint density at radius 2 is 1.93 bits per heavy atom. The van der Waals surface area contributed by atoms with Gasteiger partial charge in [0.1, 0.15) is 5.65 Å². The molecule has 0 amide bonds. The first-order valence-electron chi connectivity index (χ1n) is 8.30. The number of pyridine rings is 2. The molecule has 29 heavy (non-hydrogen) atoms. The molecular weight excluding hydrogens is 409 g/mol. The molecule has 3 heterocycles. The minimum atomic E-state index is -5.08. The van der Waals surface area contributed by atoms with E-state index in [1.165, 1.54) is 9.75 Å². The number of fused-ring (bicyclic) bond motifs is 1. The molecule has 3 aromatic rings. The van der Waals surface area contributed by atoms with Gasteiger partial charge in [-0.05, 0) is 38.4 Å². The lowest BCUT2D eigenvalue weighted by Crippen LogP contribution is -2.21. The number of aliphatic carboxylic acids is 1. The summed E-state index contributed by atoms with van der Waals surface area (Å²) in [5, 5.41) is 11.4. The third-order valence-corrected chi connectivity index (χ3v) is 4.57. The number of thiophene rings is 1. The largest absolute Gasteiger partial charge is 0.490 e. The molecule has 3 rings (SSSR count). The van der Waals surface area contributed by atoms with Crippen LogP contribution in [0.2, 0.25) is 0 Å². The van der Waals surface area contributed by atoms with Gasteiger partial charge < -0.3 is 20.3 Å². The Morgan fingerprint density at radius 1 is 1.28 bits per heavy atom. The lowest BCUT2D eigenvalue weighted by Gasteiger charge is -2.08. The summed E-state index contributed by atoms with van der Waals surface area (Å²) in [6.07, 6.45) is -3.41. The van der Waals surface area contributed by atoms with Gasteiger partial charge in [-0.1, -0.05) is 0 Å². The quantitative estimate of drug-likeness (QED) is 0.577. The van der Waals surface area contributed by atoms with Crippen molar-refractivity contribution in [2.75, 3.05) is 19.4 Å². The van der Waals surface area contributed by atoms with Gasteiger partial charge >= 0.3 is 12.1 Å². The van der Waals surface area contributed by atoms with Gasteiger partial charge in [0.2, 0.25) is 0 Å². The molecule has 0 spiro atoms. The van der Waals surface area contributed by atoms with Crippen LogP contribution in [0.25, 0.3) is 11.0 Å². The van der Waals surface area contributed by atoms with Gasteiger partial charge in [0.25, 0.3) is 5.56 Å². The van der Waals surface area contributed by atoms with E-state index in [1.54, 1.807) is 23.6 Å². The fourth-order valence-corrected chi connectivity index (χ4v) is 3.40. The third-order valence-electron chi connectivity index (χ3n) is 3.50. The van der Waals surface area contributed by atoms with E-state index < -0.39 is 12.1 Å². The number of hydrogen-bond donors (Lipinski definition) is 3. The van der Waals surface area contributed by atoms with Gasteiger partial charge in [-0.25, -0.2) is 9.78 Å². The van der Waals surface area contributed by atoms with E-state index in [2.05, 4.69) is 46.4 Å². The molecule has 0 aliphatic carbocycles. The normalized spacial score (nSPS) is 11.2. The van der Waals surface area contributed by atoms with E-state index in [9.17, 15) is 18.0 Å². The SMILES string of the molecule is CN(C)Cc1ccc(CNc2cc(=O)[nH]c3ncccc23)s1.O=C(O)C(F)(F)F. The summed E-state index contributed by atoms with van der Waals surface area (Å²) in [5.74, 6) is -2.76. The van der Waals surface area contributed by atoms with Crippen LogP contribution in [0.4, 0.5) is 18.9 Å². The summed E-state index contributed by atoms with van der Waals surface area (Å²) in [6, 6.07) is 9.68. The van der Waals surface area contributed by atoms with Crippen molar-refractivity contribution in [3.8, 4) is 0 Å². The lowest BCUT2D eigenvalue weighted by molar-refractivity contribution is -0.192. The number of carboxylic acids is 1. The number of carboxylic acid groups (broad SMARTS) is 1. The van der Waals surface area contributed by atoms with E-state index in [4.69, 9.17) is 9.90 Å². The Hall–Kier alpha value is -2.92. The molecule has 0 aliphatic heterocycles. The minimum Gasteiger partial charge on any atom is -0.475 e. The van der Waals surface area contributed by atoms with Crippen LogP contribution in [0, 0.1) is 0 Å². The zero-order valence-electron chi connectivity index (χ0n) is 15.6. The Balaban J connectivity index is 0.000000370. The fraction of sp³-hybridized carbons (Fsp3) is 0.278. The molecule has 0 unspecified atom stereocenters. The maximum atomic E-state index is 11.7. The molecule has 7 nitrogen and oxygen atoms in total. The summed E-state index contributed by atoms with van der Waals surface area (Å²) in [7, 11) is 4.13. The predicted octanol–water partition coefficient (Wildman–Crippen LogP) is 3.29. The average Bonchev–Trinajstić information content (AvgIpc) is 3.06. The number of anilines is 1. The Kier molecular flexibility index (Phi) is 7.35. The van der Waals surface area contributed by atoms with Gasteiger partial charge in [-0.3, -0.25) is 4.79 Å². The number of nitrogens with zero attached hydrogens (tertiary/aromatic N) is 2. The van der Waals surface area contributed by atoms with Crippen LogP contribution in [-0.4, -0.2) is 46.2 Å². The number of halogens is 3. The van der Waals surface area contributed by atoms with E-state index in [0.717, 1.165) is 17.6 Å². The van der Waals surface area contributed by atoms with Gasteiger partial charge in [0, 0.05) is 40.5 Å². The number of aromatic amines is 1. The van der Waals surface area contributed by atoms with Crippen LogP contribution in [0.1, 0.15) is 9.75 Å². The second kappa shape index (κ2) is 9.52. The Bertz CT molecular complexity index is 1030. The first kappa shape index (κ1) is 22.4. The monoisotopic (exact) mass is 428 g/mol. The van der Waals surface area contributed by atoms with Crippen LogP contribution in [0.3, 0.4) is 0 Å². The van der Waals surface area contributed by atoms with Crippen molar-refractivity contribution < 1.29 is 23.1 Å². The van der Waals surface area contributed by atoms with Gasteiger partial charge in [-0.2, -0.15) is 13.2 Å². The molecule has 0 saturated heterocycles. The number of carbonyl (C=O) groups is 1. The third kappa shape index (κ3) is 6.88. The number of aromatic nitrogens is 2. The van der Waals surface area contributed by atoms with Crippen LogP contribution < -0.4 is 10.9 Å². The summed E-state index contributed by atoms with van der Waals surface area (Å²) >= 11 is 1.78. The maximum absolute atomic E-state index is 11.7. The van der Waals surface area contributed by atoms with Gasteiger partial charge in [0.05, 0.1) is 5.69 Å². The van der Waals surface area contributed by atoms with Crippen LogP contribution in [0.5, 0.6) is 0 Å². The van der Waals surface area contributed by atoms with Crippen molar-refractivity contribution in [2.45, 2.75) is 19.3 Å². The molecule has 156 valence electrons. The number of hydrogen-bond acceptors (Lipinski definition) is 6. The Morgan fingerprint density at radius 3 is 2.55 bits per heavy atom. The predicted molar refractivity (Wildman–Crippen MR) is 105 cm³/mol. The molecule has 0 aromatic carbocycles. The highest BCUT2D eigenvalue weighted by molar-refractivity contribution is 7.12. The molecule has 0 bridgehead atoms. The van der Waals surface area contributed by atoms with Crippen molar-refractivity contribution >= 4 is 34.0 Å². The van der Waals surface area contributed by atoms with Crippen molar-refractivity contribution in [1.29, 1.82) is 0 Å². The van der Waals surface area contributed by atoms with Crippen molar-refractivity contribution in [2.24, 2.45) is 0 Å². The first-order valence-corrected chi connectivity index (χ1v) is 9.12. The summed E-state index contributed by atoms with van der Waals surface area (Å²) in [5.41, 5.74) is 1.28. The topological polar surface area (TPSA) is 98.3 Å². The molecule has 3 N–H and O–H groups in total. The molecule has 0 aliphatic rings. The van der Waals surface area contributed by atoms with E-state index in [0.29, 0.717) is 12.2 Å². The smallest absolute Gasteiger partial charge is 0.475 e. The molecule has 0 radical (unpaired) electrons. The minimum absolute atomic E-state index is 0.145. The summed E-state index contributed by atoms with van der Waals surface area (Å²) in [4.78, 5) is 32.3. The molecule has 3 aromatic heterocycles. The number of rotatable bonds is 5. The van der Waals surface area contributed by atoms with Crippen LogP contribution in [0.15, 0.2) is 41.3 Å². The second-order valence-electron chi connectivity index (χ2n) is 6.21. The standard InChI is InChI=1S/C16H18N4OS.C2HF3O2/c1-20(2)10-12-6-5-11(22-12)9-18-14-8-15(21)19-16-13(14)4-3-7-17-16;3-2(4,5)1(6)7/h3-8H,9-10H2,1-2H3,(H2,17,18,19,21);(H,6,7). The van der Waals surface area contributed by atoms with Crippen LogP contribution in [-0.2, 0) is 17.9 Å². The second-order valence-corrected chi connectivity index (χ2v) is 7.46. The molecule has 0 saturated carbocycles. The molecule has 0 fully saturated rings. The molecule has 0 atom stereocenters. The van der Waals surface area contributed by atoms with E-state index >= 15 is 0 Å². The average molecular weight is 428 g/mol. The molecule has 11 heteroatoms. The highest BCUT2D eigenvalue weighted by Crippen LogP contribution is 2.22. The van der Waals surface area contributed by atoms with Crippen molar-refractivity contribution in [3.05, 3.63) is 56.6 Å². The van der Waals surface area contributed by atoms with E-state index in [1.807, 2.05) is 12.1 Å². The first-order chi connectivity index (χ1) is 13.6. The van der Waals surface area contributed by atoms with Gasteiger partial charge in [-0.15, -0.1) is 11.3 Å². The Labute approximate surface area is 167 Å². The van der Waals surface area contributed by atoms with Crippen molar-refractivity contribution in [1.82, 2.24) is 14.9 Å². The summed E-state index contributed by atoms with van der Waals surface area (Å²) in [6.45, 7) is 1.65. The van der Waals surface area contributed by atoms with Gasteiger partial charge in [0.15, 0.2) is 0 Å². The lowest BCUT2D eigenvalue weighted by atomic mass is 10.2. The number of alkyl halides is 3. The maximum Gasteiger partial charge on any atom is 0.490 e. The molecular formula is C18H19F3N4O3S. The van der Waals surface area contributed by atoms with Crippen molar-refractivity contribution in [3.63, 3.8) is 0 Å². The van der Waals surface area contributed by atoms with E-state index in [-0.39, 0.29) is 5.56 Å². The fourth-order valence-electron chi connectivity index (χ4n) is 2.33.